The Bertz CT molecular complexity index is 743. The molecule has 0 radical (unpaired) electrons. The molecule has 0 aliphatic carbocycles. The first kappa shape index (κ1) is 9.72. The van der Waals surface area contributed by atoms with Crippen molar-refractivity contribution in [2.45, 2.75) is 0 Å². The summed E-state index contributed by atoms with van der Waals surface area (Å²) in [5.41, 5.74) is 1.43. The molecule has 2 aromatic carbocycles. The first-order valence-electron chi connectivity index (χ1n) is 5.14. The van der Waals surface area contributed by atoms with E-state index in [0.29, 0.717) is 10.9 Å². The van der Waals surface area contributed by atoms with Crippen LogP contribution >= 0.6 is 0 Å². The lowest BCUT2D eigenvalue weighted by Gasteiger charge is -1.99. The van der Waals surface area contributed by atoms with Crippen LogP contribution in [0, 0.1) is 0 Å². The molecule has 0 saturated heterocycles. The number of phenolic OH excluding ortho intramolecular Hbond substituents is 1. The minimum atomic E-state index is -1.01. The first-order valence-corrected chi connectivity index (χ1v) is 5.14. The number of nitrogens with one attached hydrogen (secondary N) is 1. The van der Waals surface area contributed by atoms with Gasteiger partial charge in [-0.05, 0) is 18.2 Å². The maximum Gasteiger partial charge on any atom is 0.337 e. The third-order valence-electron chi connectivity index (χ3n) is 2.87. The number of rotatable bonds is 1. The predicted molar refractivity (Wildman–Crippen MR) is 64.4 cm³/mol. The summed E-state index contributed by atoms with van der Waals surface area (Å²) < 4.78 is 0. The molecule has 3 aromatic rings. The lowest BCUT2D eigenvalue weighted by Crippen LogP contribution is -1.96. The monoisotopic (exact) mass is 227 g/mol. The molecule has 1 heterocycles. The number of benzene rings is 2. The minimum Gasteiger partial charge on any atom is -0.507 e. The van der Waals surface area contributed by atoms with E-state index in [1.807, 2.05) is 24.3 Å². The van der Waals surface area contributed by atoms with Crippen molar-refractivity contribution in [1.82, 2.24) is 4.98 Å². The highest BCUT2D eigenvalue weighted by atomic mass is 16.4. The highest BCUT2D eigenvalue weighted by Crippen LogP contribution is 2.34. The number of fused-ring (bicyclic) bond motifs is 3. The molecule has 0 atom stereocenters. The van der Waals surface area contributed by atoms with Crippen molar-refractivity contribution in [3.05, 3.63) is 42.0 Å². The first-order chi connectivity index (χ1) is 8.18. The number of hydrogen-bond acceptors (Lipinski definition) is 2. The highest BCUT2D eigenvalue weighted by Gasteiger charge is 2.15. The van der Waals surface area contributed by atoms with Gasteiger partial charge in [-0.2, -0.15) is 0 Å². The summed E-state index contributed by atoms with van der Waals surface area (Å²) in [7, 11) is 0. The molecule has 4 heteroatoms. The zero-order valence-electron chi connectivity index (χ0n) is 8.77. The van der Waals surface area contributed by atoms with Gasteiger partial charge >= 0.3 is 5.97 Å². The lowest BCUT2D eigenvalue weighted by molar-refractivity contribution is 0.0699. The second-order valence-electron chi connectivity index (χ2n) is 3.86. The number of H-pyrrole nitrogens is 1. The van der Waals surface area contributed by atoms with Crippen molar-refractivity contribution in [2.24, 2.45) is 0 Å². The summed E-state index contributed by atoms with van der Waals surface area (Å²) in [4.78, 5) is 14.1. The van der Waals surface area contributed by atoms with E-state index >= 15 is 0 Å². The van der Waals surface area contributed by atoms with Crippen LogP contribution in [0.15, 0.2) is 36.4 Å². The third kappa shape index (κ3) is 1.27. The quantitative estimate of drug-likeness (QED) is 0.598. The van der Waals surface area contributed by atoms with Gasteiger partial charge in [0.05, 0.1) is 11.1 Å². The molecule has 1 aromatic heterocycles. The second-order valence-corrected chi connectivity index (χ2v) is 3.86. The summed E-state index contributed by atoms with van der Waals surface area (Å²) in [6, 6.07) is 10.2. The molecule has 0 fully saturated rings. The van der Waals surface area contributed by atoms with E-state index in [4.69, 9.17) is 5.11 Å². The number of para-hydroxylation sites is 1. The van der Waals surface area contributed by atoms with Crippen LogP contribution in [0.2, 0.25) is 0 Å². The van der Waals surface area contributed by atoms with Gasteiger partial charge < -0.3 is 15.2 Å². The van der Waals surface area contributed by atoms with Gasteiger partial charge in [-0.1, -0.05) is 18.2 Å². The number of carboxylic acids is 1. The van der Waals surface area contributed by atoms with Crippen molar-refractivity contribution >= 4 is 27.8 Å². The number of aromatic amines is 1. The maximum atomic E-state index is 11.1. The number of carbonyl (C=O) groups is 1. The summed E-state index contributed by atoms with van der Waals surface area (Å²) >= 11 is 0. The van der Waals surface area contributed by atoms with Gasteiger partial charge in [-0.25, -0.2) is 4.79 Å². The highest BCUT2D eigenvalue weighted by molar-refractivity contribution is 6.15. The van der Waals surface area contributed by atoms with Crippen LogP contribution in [0.4, 0.5) is 0 Å². The SMILES string of the molecule is O=C(O)c1ccc(O)c2c1[nH]c1ccccc12. The predicted octanol–water partition coefficient (Wildman–Crippen LogP) is 2.72. The molecule has 0 bridgehead atoms. The Labute approximate surface area is 96.1 Å². The van der Waals surface area contributed by atoms with Crippen molar-refractivity contribution in [3.63, 3.8) is 0 Å². The largest absolute Gasteiger partial charge is 0.507 e. The average molecular weight is 227 g/mol. The molecule has 0 unspecified atom stereocenters. The number of carboxylic acid groups (broad SMARTS) is 1. The van der Waals surface area contributed by atoms with Crippen LogP contribution in [0.25, 0.3) is 21.8 Å². The van der Waals surface area contributed by atoms with Crippen LogP contribution in [0.1, 0.15) is 10.4 Å². The zero-order chi connectivity index (χ0) is 12.0. The fourth-order valence-electron chi connectivity index (χ4n) is 2.12. The molecule has 0 aliphatic heterocycles. The van der Waals surface area contributed by atoms with Crippen LogP contribution in [-0.2, 0) is 0 Å². The number of aromatic carboxylic acids is 1. The van der Waals surface area contributed by atoms with Gasteiger partial charge in [0.1, 0.15) is 5.75 Å². The smallest absolute Gasteiger partial charge is 0.337 e. The van der Waals surface area contributed by atoms with Crippen LogP contribution in [0.5, 0.6) is 5.75 Å². The Morgan fingerprint density at radius 3 is 2.65 bits per heavy atom. The second kappa shape index (κ2) is 3.25. The Morgan fingerprint density at radius 2 is 1.88 bits per heavy atom. The lowest BCUT2D eigenvalue weighted by atomic mass is 10.1. The maximum absolute atomic E-state index is 11.1. The van der Waals surface area contributed by atoms with Crippen molar-refractivity contribution < 1.29 is 15.0 Å². The molecule has 0 aliphatic rings. The molecule has 17 heavy (non-hydrogen) atoms. The van der Waals surface area contributed by atoms with Gasteiger partial charge in [0.2, 0.25) is 0 Å². The number of hydrogen-bond donors (Lipinski definition) is 3. The normalized spacial score (nSPS) is 11.1. The van der Waals surface area contributed by atoms with Crippen LogP contribution in [-0.4, -0.2) is 21.2 Å². The standard InChI is InChI=1S/C13H9NO3/c15-10-6-5-8(13(16)17)12-11(10)7-3-1-2-4-9(7)14-12/h1-6,14-15H,(H,16,17). The van der Waals surface area contributed by atoms with E-state index in [0.717, 1.165) is 10.9 Å². The molecule has 3 rings (SSSR count). The fourth-order valence-corrected chi connectivity index (χ4v) is 2.12. The minimum absolute atomic E-state index is 0.0856. The van der Waals surface area contributed by atoms with Gasteiger partial charge in [0, 0.05) is 16.3 Å². The Hall–Kier alpha value is -2.49. The van der Waals surface area contributed by atoms with Gasteiger partial charge in [0.25, 0.3) is 0 Å². The van der Waals surface area contributed by atoms with E-state index in [9.17, 15) is 9.90 Å². The number of aromatic nitrogens is 1. The molecule has 0 spiro atoms. The van der Waals surface area contributed by atoms with Crippen LogP contribution in [0.3, 0.4) is 0 Å². The molecule has 84 valence electrons. The summed E-state index contributed by atoms with van der Waals surface area (Å²) in [5, 5.41) is 20.3. The Morgan fingerprint density at radius 1 is 1.12 bits per heavy atom. The molecule has 0 amide bonds. The molecular weight excluding hydrogens is 218 g/mol. The summed E-state index contributed by atoms with van der Waals surface area (Å²) in [6.45, 7) is 0. The topological polar surface area (TPSA) is 73.3 Å². The van der Waals surface area contributed by atoms with Gasteiger partial charge in [0.15, 0.2) is 0 Å². The van der Waals surface area contributed by atoms with Gasteiger partial charge in [-0.3, -0.25) is 0 Å². The van der Waals surface area contributed by atoms with Crippen molar-refractivity contribution in [1.29, 1.82) is 0 Å². The van der Waals surface area contributed by atoms with E-state index < -0.39 is 5.97 Å². The van der Waals surface area contributed by atoms with Crippen molar-refractivity contribution in [3.8, 4) is 5.75 Å². The average Bonchev–Trinajstić information content (AvgIpc) is 2.68. The van der Waals surface area contributed by atoms with Crippen molar-refractivity contribution in [2.75, 3.05) is 0 Å². The molecule has 0 saturated carbocycles. The third-order valence-corrected chi connectivity index (χ3v) is 2.87. The van der Waals surface area contributed by atoms with Gasteiger partial charge in [-0.15, -0.1) is 0 Å². The fraction of sp³-hybridized carbons (Fsp3) is 0. The Balaban J connectivity index is 2.58. The van der Waals surface area contributed by atoms with E-state index in [1.54, 1.807) is 0 Å². The Kier molecular flexibility index (Phi) is 1.86. The van der Waals surface area contributed by atoms with E-state index in [1.165, 1.54) is 12.1 Å². The zero-order valence-corrected chi connectivity index (χ0v) is 8.77. The summed E-state index contributed by atoms with van der Waals surface area (Å²) in [5.74, 6) is -0.927. The molecular formula is C13H9NO3. The molecule has 3 N–H and O–H groups in total. The van der Waals surface area contributed by atoms with E-state index in [2.05, 4.69) is 4.98 Å². The number of phenols is 1. The summed E-state index contributed by atoms with van der Waals surface area (Å²) in [6.07, 6.45) is 0. The van der Waals surface area contributed by atoms with Crippen LogP contribution < -0.4 is 0 Å². The molecule has 4 nitrogen and oxygen atoms in total. The van der Waals surface area contributed by atoms with E-state index in [-0.39, 0.29) is 11.3 Å². The number of aromatic hydroxyl groups is 1.